The molecule has 2 aromatic rings. The molecule has 0 saturated heterocycles. The van der Waals surface area contributed by atoms with Crippen molar-refractivity contribution in [2.75, 3.05) is 5.32 Å². The third-order valence-electron chi connectivity index (χ3n) is 3.03. The van der Waals surface area contributed by atoms with E-state index in [-0.39, 0.29) is 17.5 Å². The number of phenolic OH excluding ortho intramolecular Hbond substituents is 2. The van der Waals surface area contributed by atoms with E-state index in [4.69, 9.17) is 5.73 Å². The van der Waals surface area contributed by atoms with Gasteiger partial charge in [-0.2, -0.15) is 0 Å². The van der Waals surface area contributed by atoms with Crippen LogP contribution in [0.1, 0.15) is 28.9 Å². The molecule has 0 saturated carbocycles. The quantitative estimate of drug-likeness (QED) is 0.687. The summed E-state index contributed by atoms with van der Waals surface area (Å²) < 4.78 is 0. The molecule has 0 aliphatic rings. The van der Waals surface area contributed by atoms with Gasteiger partial charge >= 0.3 is 0 Å². The monoisotopic (exact) mass is 272 g/mol. The predicted molar refractivity (Wildman–Crippen MR) is 76.8 cm³/mol. The highest BCUT2D eigenvalue weighted by Gasteiger charge is 2.11. The van der Waals surface area contributed by atoms with Crippen molar-refractivity contribution in [3.05, 3.63) is 53.6 Å². The fourth-order valence-electron chi connectivity index (χ4n) is 1.96. The molecule has 5 nitrogen and oxygen atoms in total. The first-order valence-electron chi connectivity index (χ1n) is 6.15. The maximum atomic E-state index is 11.0. The lowest BCUT2D eigenvalue weighted by molar-refractivity contribution is 0.100. The molecule has 1 unspecified atom stereocenters. The topological polar surface area (TPSA) is 95.6 Å². The molecule has 0 bridgehead atoms. The number of anilines is 1. The second-order valence-electron chi connectivity index (χ2n) is 4.55. The lowest BCUT2D eigenvalue weighted by atomic mass is 10.1. The third kappa shape index (κ3) is 3.00. The van der Waals surface area contributed by atoms with E-state index >= 15 is 0 Å². The minimum Gasteiger partial charge on any atom is -0.508 e. The van der Waals surface area contributed by atoms with Crippen LogP contribution in [0.3, 0.4) is 0 Å². The number of amides is 1. The van der Waals surface area contributed by atoms with Gasteiger partial charge in [0, 0.05) is 22.9 Å². The lowest BCUT2D eigenvalue weighted by Gasteiger charge is -2.17. The van der Waals surface area contributed by atoms with E-state index in [2.05, 4.69) is 5.32 Å². The highest BCUT2D eigenvalue weighted by atomic mass is 16.3. The maximum absolute atomic E-state index is 11.0. The summed E-state index contributed by atoms with van der Waals surface area (Å²) in [5.41, 5.74) is 7.08. The predicted octanol–water partition coefficient (Wildman–Crippen LogP) is 2.37. The summed E-state index contributed by atoms with van der Waals surface area (Å²) in [5, 5.41) is 22.3. The molecule has 0 aliphatic carbocycles. The van der Waals surface area contributed by atoms with Crippen LogP contribution in [-0.4, -0.2) is 16.1 Å². The molecule has 5 heteroatoms. The normalized spacial score (nSPS) is 11.8. The standard InChI is InChI=1S/C15H16N2O3/c1-9(13-7-6-12(18)8-14(13)19)17-11-4-2-10(3-5-11)15(16)20/h2-9,17-19H,1H3,(H2,16,20). The first kappa shape index (κ1) is 13.7. The number of nitrogens with one attached hydrogen (secondary N) is 1. The van der Waals surface area contributed by atoms with Crippen LogP contribution < -0.4 is 11.1 Å². The molecule has 5 N–H and O–H groups in total. The Kier molecular flexibility index (Phi) is 3.79. The summed E-state index contributed by atoms with van der Waals surface area (Å²) in [4.78, 5) is 11.0. The zero-order valence-electron chi connectivity index (χ0n) is 11.0. The number of benzene rings is 2. The molecule has 0 radical (unpaired) electrons. The Balaban J connectivity index is 2.14. The molecule has 0 aromatic heterocycles. The number of nitrogens with two attached hydrogens (primary N) is 1. The number of primary amides is 1. The molecule has 1 atom stereocenters. The first-order valence-corrected chi connectivity index (χ1v) is 6.15. The van der Waals surface area contributed by atoms with Gasteiger partial charge in [-0.25, -0.2) is 0 Å². The molecule has 0 fully saturated rings. The summed E-state index contributed by atoms with van der Waals surface area (Å²) in [6.45, 7) is 1.88. The average molecular weight is 272 g/mol. The van der Waals surface area contributed by atoms with Crippen LogP contribution in [0.2, 0.25) is 0 Å². The smallest absolute Gasteiger partial charge is 0.248 e. The number of rotatable bonds is 4. The number of aromatic hydroxyl groups is 2. The SMILES string of the molecule is CC(Nc1ccc(C(N)=O)cc1)c1ccc(O)cc1O. The maximum Gasteiger partial charge on any atom is 0.248 e. The number of hydrogen-bond acceptors (Lipinski definition) is 4. The van der Waals surface area contributed by atoms with E-state index in [0.717, 1.165) is 5.69 Å². The summed E-state index contributed by atoms with van der Waals surface area (Å²) >= 11 is 0. The first-order chi connectivity index (χ1) is 9.47. The Morgan fingerprint density at radius 3 is 2.35 bits per heavy atom. The highest BCUT2D eigenvalue weighted by molar-refractivity contribution is 5.93. The minimum absolute atomic E-state index is 0.0178. The van der Waals surface area contributed by atoms with Gasteiger partial charge in [0.05, 0.1) is 6.04 Å². The number of phenols is 2. The van der Waals surface area contributed by atoms with Crippen molar-refractivity contribution in [1.29, 1.82) is 0 Å². The summed E-state index contributed by atoms with van der Waals surface area (Å²) in [7, 11) is 0. The van der Waals surface area contributed by atoms with Crippen LogP contribution >= 0.6 is 0 Å². The van der Waals surface area contributed by atoms with Gasteiger partial charge in [-0.05, 0) is 43.3 Å². The van der Waals surface area contributed by atoms with Crippen molar-refractivity contribution in [2.24, 2.45) is 5.73 Å². The van der Waals surface area contributed by atoms with Crippen LogP contribution in [-0.2, 0) is 0 Å². The van der Waals surface area contributed by atoms with E-state index in [0.29, 0.717) is 11.1 Å². The Bertz CT molecular complexity index is 624. The van der Waals surface area contributed by atoms with Gasteiger partial charge < -0.3 is 21.3 Å². The molecule has 104 valence electrons. The number of hydrogen-bond donors (Lipinski definition) is 4. The van der Waals surface area contributed by atoms with Gasteiger partial charge in [0.25, 0.3) is 0 Å². The van der Waals surface area contributed by atoms with Crippen molar-refractivity contribution in [2.45, 2.75) is 13.0 Å². The second-order valence-corrected chi connectivity index (χ2v) is 4.55. The van der Waals surface area contributed by atoms with Gasteiger partial charge in [-0.1, -0.05) is 0 Å². The highest BCUT2D eigenvalue weighted by Crippen LogP contribution is 2.29. The molecule has 2 aromatic carbocycles. The van der Waals surface area contributed by atoms with Crippen LogP contribution in [0.25, 0.3) is 0 Å². The number of carbonyl (C=O) groups is 1. The third-order valence-corrected chi connectivity index (χ3v) is 3.03. The van der Waals surface area contributed by atoms with Gasteiger partial charge in [0.15, 0.2) is 0 Å². The Morgan fingerprint density at radius 1 is 1.15 bits per heavy atom. The fraction of sp³-hybridized carbons (Fsp3) is 0.133. The second kappa shape index (κ2) is 5.52. The van der Waals surface area contributed by atoms with Crippen molar-refractivity contribution >= 4 is 11.6 Å². The van der Waals surface area contributed by atoms with Crippen LogP contribution in [0.5, 0.6) is 11.5 Å². The molecular formula is C15H16N2O3. The lowest BCUT2D eigenvalue weighted by Crippen LogP contribution is -2.11. The molecule has 2 rings (SSSR count). The fourth-order valence-corrected chi connectivity index (χ4v) is 1.96. The average Bonchev–Trinajstić information content (AvgIpc) is 2.39. The van der Waals surface area contributed by atoms with E-state index < -0.39 is 5.91 Å². The molecule has 0 heterocycles. The zero-order chi connectivity index (χ0) is 14.7. The van der Waals surface area contributed by atoms with E-state index in [1.807, 2.05) is 6.92 Å². The molecule has 20 heavy (non-hydrogen) atoms. The van der Waals surface area contributed by atoms with E-state index in [9.17, 15) is 15.0 Å². The molecule has 0 spiro atoms. The van der Waals surface area contributed by atoms with Crippen LogP contribution in [0, 0.1) is 0 Å². The summed E-state index contributed by atoms with van der Waals surface area (Å²) in [5.74, 6) is -0.427. The Morgan fingerprint density at radius 2 is 1.80 bits per heavy atom. The minimum atomic E-state index is -0.472. The van der Waals surface area contributed by atoms with Crippen molar-refractivity contribution in [1.82, 2.24) is 0 Å². The zero-order valence-corrected chi connectivity index (χ0v) is 11.0. The van der Waals surface area contributed by atoms with Crippen LogP contribution in [0.15, 0.2) is 42.5 Å². The van der Waals surface area contributed by atoms with Crippen molar-refractivity contribution < 1.29 is 15.0 Å². The van der Waals surface area contributed by atoms with Gasteiger partial charge in [0.1, 0.15) is 11.5 Å². The van der Waals surface area contributed by atoms with E-state index in [1.165, 1.54) is 12.1 Å². The summed E-state index contributed by atoms with van der Waals surface area (Å²) in [6, 6.07) is 11.1. The van der Waals surface area contributed by atoms with Gasteiger partial charge in [0.2, 0.25) is 5.91 Å². The number of carbonyl (C=O) groups excluding carboxylic acids is 1. The largest absolute Gasteiger partial charge is 0.508 e. The van der Waals surface area contributed by atoms with Crippen molar-refractivity contribution in [3.63, 3.8) is 0 Å². The summed E-state index contributed by atoms with van der Waals surface area (Å²) in [6.07, 6.45) is 0. The van der Waals surface area contributed by atoms with Crippen molar-refractivity contribution in [3.8, 4) is 11.5 Å². The Hall–Kier alpha value is -2.69. The van der Waals surface area contributed by atoms with Gasteiger partial charge in [-0.15, -0.1) is 0 Å². The molecule has 1 amide bonds. The Labute approximate surface area is 116 Å². The molecular weight excluding hydrogens is 256 g/mol. The van der Waals surface area contributed by atoms with E-state index in [1.54, 1.807) is 30.3 Å². The van der Waals surface area contributed by atoms with Gasteiger partial charge in [-0.3, -0.25) is 4.79 Å². The molecule has 0 aliphatic heterocycles. The van der Waals surface area contributed by atoms with Crippen LogP contribution in [0.4, 0.5) is 5.69 Å².